The highest BCUT2D eigenvalue weighted by Gasteiger charge is 2.17. The number of halogens is 3. The van der Waals surface area contributed by atoms with Crippen LogP contribution in [-0.4, -0.2) is 4.98 Å². The Kier molecular flexibility index (Phi) is 3.97. The summed E-state index contributed by atoms with van der Waals surface area (Å²) in [6, 6.07) is 12.8. The summed E-state index contributed by atoms with van der Waals surface area (Å²) in [4.78, 5) is 4.30. The van der Waals surface area contributed by atoms with Gasteiger partial charge in [-0.2, -0.15) is 0 Å². The van der Waals surface area contributed by atoms with Gasteiger partial charge in [0, 0.05) is 23.5 Å². The maximum Gasteiger partial charge on any atom is 0.215 e. The molecule has 2 heterocycles. The third-order valence-corrected chi connectivity index (χ3v) is 4.16. The predicted octanol–water partition coefficient (Wildman–Crippen LogP) is 5.55. The molecule has 0 saturated carbocycles. The molecule has 4 aromatic rings. The number of nitrogens with zero attached hydrogens (tertiary/aromatic N) is 1. The number of benzene rings is 2. The number of hydrogen-bond acceptors (Lipinski definition) is 4. The molecule has 4 rings (SSSR count). The molecule has 4 nitrogen and oxygen atoms in total. The molecule has 0 fully saturated rings. The molecule has 0 saturated heterocycles. The van der Waals surface area contributed by atoms with Crippen LogP contribution in [0.3, 0.4) is 0 Å². The van der Waals surface area contributed by atoms with E-state index < -0.39 is 11.6 Å². The van der Waals surface area contributed by atoms with Crippen LogP contribution in [0.15, 0.2) is 53.1 Å². The first-order valence-corrected chi connectivity index (χ1v) is 7.97. The second kappa shape index (κ2) is 6.31. The Morgan fingerprint density at radius 1 is 1.15 bits per heavy atom. The molecular weight excluding hydrogens is 360 g/mol. The van der Waals surface area contributed by atoms with Crippen LogP contribution in [0.1, 0.15) is 0 Å². The van der Waals surface area contributed by atoms with Crippen molar-refractivity contribution in [1.29, 1.82) is 0 Å². The topological polar surface area (TPSA) is 64.1 Å². The zero-order valence-electron chi connectivity index (χ0n) is 13.2. The second-order valence-electron chi connectivity index (χ2n) is 5.56. The van der Waals surface area contributed by atoms with Crippen molar-refractivity contribution in [2.45, 2.75) is 0 Å². The van der Waals surface area contributed by atoms with E-state index in [-0.39, 0.29) is 10.9 Å². The average Bonchev–Trinajstić information content (AvgIpc) is 2.95. The molecular formula is C19H11ClF2N3O. The van der Waals surface area contributed by atoms with Crippen LogP contribution >= 0.6 is 11.6 Å². The van der Waals surface area contributed by atoms with E-state index in [0.717, 1.165) is 0 Å². The molecule has 0 unspecified atom stereocenters. The fourth-order valence-corrected chi connectivity index (χ4v) is 2.83. The molecule has 0 aliphatic rings. The maximum absolute atomic E-state index is 13.3. The van der Waals surface area contributed by atoms with Gasteiger partial charge in [-0.05, 0) is 42.5 Å². The first kappa shape index (κ1) is 16.4. The number of hydrogen-bond donors (Lipinski definition) is 2. The predicted molar refractivity (Wildman–Crippen MR) is 97.3 cm³/mol. The molecule has 129 valence electrons. The van der Waals surface area contributed by atoms with E-state index in [2.05, 4.69) is 16.4 Å². The molecule has 2 aromatic heterocycles. The second-order valence-corrected chi connectivity index (χ2v) is 5.96. The Morgan fingerprint density at radius 2 is 2.00 bits per heavy atom. The van der Waals surface area contributed by atoms with Gasteiger partial charge in [-0.1, -0.05) is 11.6 Å². The lowest BCUT2D eigenvalue weighted by atomic mass is 10.1. The van der Waals surface area contributed by atoms with Crippen LogP contribution in [0.5, 0.6) is 0 Å². The van der Waals surface area contributed by atoms with Crippen molar-refractivity contribution >= 4 is 39.8 Å². The lowest BCUT2D eigenvalue weighted by molar-refractivity contribution is 0.625. The van der Waals surface area contributed by atoms with Gasteiger partial charge in [-0.25, -0.2) is 8.78 Å². The summed E-state index contributed by atoms with van der Waals surface area (Å²) in [6.45, 7) is 0. The van der Waals surface area contributed by atoms with E-state index in [9.17, 15) is 8.78 Å². The summed E-state index contributed by atoms with van der Waals surface area (Å²) < 4.78 is 32.1. The number of aromatic nitrogens is 1. The Morgan fingerprint density at radius 3 is 2.73 bits per heavy atom. The Hall–Kier alpha value is -3.12. The van der Waals surface area contributed by atoms with Gasteiger partial charge >= 0.3 is 0 Å². The van der Waals surface area contributed by atoms with Gasteiger partial charge in [0.15, 0.2) is 5.58 Å². The van der Waals surface area contributed by atoms with E-state index in [0.29, 0.717) is 33.6 Å². The quantitative estimate of drug-likeness (QED) is 0.496. The summed E-state index contributed by atoms with van der Waals surface area (Å²) >= 11 is 5.82. The molecule has 0 amide bonds. The number of furan rings is 1. The molecule has 0 bridgehead atoms. The third kappa shape index (κ3) is 2.84. The highest BCUT2D eigenvalue weighted by atomic mass is 35.5. The fourth-order valence-electron chi connectivity index (χ4n) is 2.65. The standard InChI is InChI=1S/C19H11ClF2N3O/c20-14-9-12(5-6-15(14)22)25-17-13-7-8-24-16(18(13)26-19(17)23)10-1-3-11(21)4-2-10/h1-3,5-9,25H,23H2. The summed E-state index contributed by atoms with van der Waals surface area (Å²) in [5.41, 5.74) is 8.67. The number of nitrogens with two attached hydrogens (primary N) is 1. The van der Waals surface area contributed by atoms with Gasteiger partial charge in [0.2, 0.25) is 5.88 Å². The molecule has 7 heteroatoms. The molecule has 0 aliphatic heterocycles. The van der Waals surface area contributed by atoms with Gasteiger partial charge in [-0.3, -0.25) is 4.98 Å². The number of nitrogens with one attached hydrogen (secondary N) is 1. The zero-order chi connectivity index (χ0) is 18.3. The molecule has 0 atom stereocenters. The number of nitrogen functional groups attached to an aromatic ring is 1. The summed E-state index contributed by atoms with van der Waals surface area (Å²) in [7, 11) is 0. The normalized spacial score (nSPS) is 11.0. The third-order valence-electron chi connectivity index (χ3n) is 3.87. The van der Waals surface area contributed by atoms with Gasteiger partial charge in [0.25, 0.3) is 0 Å². The number of pyridine rings is 1. The van der Waals surface area contributed by atoms with Crippen molar-refractivity contribution in [3.63, 3.8) is 0 Å². The smallest absolute Gasteiger partial charge is 0.215 e. The molecule has 0 aliphatic carbocycles. The number of rotatable bonds is 3. The molecule has 3 N–H and O–H groups in total. The summed E-state index contributed by atoms with van der Waals surface area (Å²) in [5, 5.41) is 3.75. The monoisotopic (exact) mass is 370 g/mol. The first-order valence-electron chi connectivity index (χ1n) is 7.59. The van der Waals surface area contributed by atoms with Crippen LogP contribution in [0.4, 0.5) is 26.0 Å². The largest absolute Gasteiger partial charge is 0.436 e. The minimum atomic E-state index is -0.513. The average molecular weight is 371 g/mol. The SMILES string of the molecule is Nc1oc2c(-c3c[c]c(F)cc3)nccc2c1Nc1ccc(F)c(Cl)c1. The first-order chi connectivity index (χ1) is 12.5. The molecule has 26 heavy (non-hydrogen) atoms. The van der Waals surface area contributed by atoms with Crippen molar-refractivity contribution in [2.24, 2.45) is 0 Å². The summed E-state index contributed by atoms with van der Waals surface area (Å²) in [6.07, 6.45) is 1.60. The van der Waals surface area contributed by atoms with E-state index in [1.165, 1.54) is 30.3 Å². The highest BCUT2D eigenvalue weighted by molar-refractivity contribution is 6.31. The van der Waals surface area contributed by atoms with Gasteiger partial charge in [0.1, 0.15) is 23.0 Å². The lowest BCUT2D eigenvalue weighted by Crippen LogP contribution is -1.94. The van der Waals surface area contributed by atoms with E-state index >= 15 is 0 Å². The van der Waals surface area contributed by atoms with Crippen molar-refractivity contribution in [3.05, 3.63) is 71.4 Å². The van der Waals surface area contributed by atoms with Gasteiger partial charge < -0.3 is 15.5 Å². The van der Waals surface area contributed by atoms with Crippen molar-refractivity contribution < 1.29 is 13.2 Å². The number of fused-ring (bicyclic) bond motifs is 1. The van der Waals surface area contributed by atoms with Crippen LogP contribution in [0.2, 0.25) is 5.02 Å². The maximum atomic E-state index is 13.3. The zero-order valence-corrected chi connectivity index (χ0v) is 13.9. The molecule has 1 radical (unpaired) electrons. The summed E-state index contributed by atoms with van der Waals surface area (Å²) in [5.74, 6) is -0.836. The van der Waals surface area contributed by atoms with Crippen LogP contribution in [0.25, 0.3) is 22.2 Å². The van der Waals surface area contributed by atoms with Crippen molar-refractivity contribution in [2.75, 3.05) is 11.1 Å². The van der Waals surface area contributed by atoms with E-state index in [1.807, 2.05) is 0 Å². The fraction of sp³-hybridized carbons (Fsp3) is 0. The van der Waals surface area contributed by atoms with E-state index in [1.54, 1.807) is 18.3 Å². The number of anilines is 3. The Bertz CT molecular complexity index is 1110. The van der Waals surface area contributed by atoms with Crippen molar-refractivity contribution in [3.8, 4) is 11.3 Å². The van der Waals surface area contributed by atoms with E-state index in [4.69, 9.17) is 21.8 Å². The van der Waals surface area contributed by atoms with Crippen molar-refractivity contribution in [1.82, 2.24) is 4.98 Å². The minimum Gasteiger partial charge on any atom is -0.436 e. The lowest BCUT2D eigenvalue weighted by Gasteiger charge is -2.06. The minimum absolute atomic E-state index is 0.00873. The molecule has 0 spiro atoms. The Balaban J connectivity index is 1.81. The van der Waals surface area contributed by atoms with Crippen LogP contribution in [-0.2, 0) is 0 Å². The van der Waals surface area contributed by atoms with Gasteiger partial charge in [-0.15, -0.1) is 0 Å². The highest BCUT2D eigenvalue weighted by Crippen LogP contribution is 2.39. The van der Waals surface area contributed by atoms with Crippen LogP contribution in [0, 0.1) is 17.7 Å². The van der Waals surface area contributed by atoms with Crippen LogP contribution < -0.4 is 11.1 Å². The Labute approximate surface area is 152 Å². The van der Waals surface area contributed by atoms with Gasteiger partial charge in [0.05, 0.1) is 10.4 Å². The molecule has 2 aromatic carbocycles.